The number of ether oxygens (including phenoxy) is 3. The molecule has 0 spiro atoms. The van der Waals surface area contributed by atoms with Crippen molar-refractivity contribution in [1.29, 1.82) is 0 Å². The predicted molar refractivity (Wildman–Crippen MR) is 136 cm³/mol. The highest BCUT2D eigenvalue weighted by molar-refractivity contribution is 5.80. The summed E-state index contributed by atoms with van der Waals surface area (Å²) < 4.78 is 18.4. The summed E-state index contributed by atoms with van der Waals surface area (Å²) in [6.07, 6.45) is 2.17. The van der Waals surface area contributed by atoms with E-state index in [1.165, 1.54) is 23.8 Å². The van der Waals surface area contributed by atoms with Gasteiger partial charge in [0, 0.05) is 17.5 Å². The lowest BCUT2D eigenvalue weighted by Gasteiger charge is -2.15. The number of imidazole rings is 1. The van der Waals surface area contributed by atoms with Crippen molar-refractivity contribution >= 4 is 17.0 Å². The molecule has 0 unspecified atom stereocenters. The molecular weight excluding hydrogens is 440 g/mol. The van der Waals surface area contributed by atoms with Gasteiger partial charge in [-0.2, -0.15) is 0 Å². The Morgan fingerprint density at radius 2 is 1.94 bits per heavy atom. The molecule has 0 bridgehead atoms. The smallest absolute Gasteiger partial charge is 0.306 e. The van der Waals surface area contributed by atoms with E-state index in [2.05, 4.69) is 47.9 Å². The fourth-order valence-corrected chi connectivity index (χ4v) is 5.00. The van der Waals surface area contributed by atoms with Gasteiger partial charge >= 0.3 is 5.97 Å². The Balaban J connectivity index is 1.38. The number of aromatic nitrogens is 2. The van der Waals surface area contributed by atoms with Crippen LogP contribution in [0.3, 0.4) is 0 Å². The zero-order valence-electron chi connectivity index (χ0n) is 20.6. The van der Waals surface area contributed by atoms with Gasteiger partial charge in [-0.25, -0.2) is 4.98 Å². The van der Waals surface area contributed by atoms with E-state index >= 15 is 0 Å². The van der Waals surface area contributed by atoms with Crippen molar-refractivity contribution in [2.24, 2.45) is 0 Å². The van der Waals surface area contributed by atoms with Gasteiger partial charge in [-0.15, -0.1) is 0 Å². The van der Waals surface area contributed by atoms with Crippen LogP contribution in [0.25, 0.3) is 16.7 Å². The topological polar surface area (TPSA) is 62.6 Å². The molecule has 0 fully saturated rings. The van der Waals surface area contributed by atoms with Crippen LogP contribution in [0, 0.1) is 13.8 Å². The third-order valence-electron chi connectivity index (χ3n) is 6.97. The Labute approximate surface area is 205 Å². The van der Waals surface area contributed by atoms with Gasteiger partial charge in [-0.3, -0.25) is 9.36 Å². The molecular formula is C29H30N2O4. The molecule has 180 valence electrons. The van der Waals surface area contributed by atoms with Crippen LogP contribution >= 0.6 is 0 Å². The highest BCUT2D eigenvalue weighted by Crippen LogP contribution is 2.37. The molecule has 0 saturated carbocycles. The molecule has 3 aromatic carbocycles. The normalized spacial score (nSPS) is 14.6. The SMILES string of the molecule is COC(=O)C[C@@H]1COc2cc(CCc3cccc(-n4c(C)nc5ccc(OC)cc54)c3C)ccc21. The quantitative estimate of drug-likeness (QED) is 0.335. The van der Waals surface area contributed by atoms with Crippen LogP contribution in [0.4, 0.5) is 0 Å². The van der Waals surface area contributed by atoms with Gasteiger partial charge in [-0.1, -0.05) is 24.3 Å². The second-order valence-corrected chi connectivity index (χ2v) is 9.07. The maximum absolute atomic E-state index is 11.7. The van der Waals surface area contributed by atoms with Crippen LogP contribution in [0.2, 0.25) is 0 Å². The summed E-state index contributed by atoms with van der Waals surface area (Å²) in [6, 6.07) is 18.8. The van der Waals surface area contributed by atoms with E-state index in [4.69, 9.17) is 19.2 Å². The number of hydrogen-bond acceptors (Lipinski definition) is 5. The lowest BCUT2D eigenvalue weighted by atomic mass is 9.94. The summed E-state index contributed by atoms with van der Waals surface area (Å²) in [5, 5.41) is 0. The number of fused-ring (bicyclic) bond motifs is 2. The van der Waals surface area contributed by atoms with Gasteiger partial charge in [0.25, 0.3) is 0 Å². The number of aryl methyl sites for hydroxylation is 3. The lowest BCUT2D eigenvalue weighted by molar-refractivity contribution is -0.141. The summed E-state index contributed by atoms with van der Waals surface area (Å²) in [5.74, 6) is 2.52. The van der Waals surface area contributed by atoms with Gasteiger partial charge in [0.1, 0.15) is 17.3 Å². The third kappa shape index (κ3) is 4.36. The summed E-state index contributed by atoms with van der Waals surface area (Å²) in [4.78, 5) is 16.4. The molecule has 5 rings (SSSR count). The Morgan fingerprint density at radius 1 is 1.09 bits per heavy atom. The molecule has 35 heavy (non-hydrogen) atoms. The van der Waals surface area contributed by atoms with Crippen LogP contribution in [-0.2, 0) is 22.4 Å². The van der Waals surface area contributed by atoms with E-state index in [1.807, 2.05) is 25.1 Å². The van der Waals surface area contributed by atoms with E-state index in [0.29, 0.717) is 13.0 Å². The highest BCUT2D eigenvalue weighted by Gasteiger charge is 2.27. The number of esters is 1. The molecule has 0 N–H and O–H groups in total. The van der Waals surface area contributed by atoms with Crippen LogP contribution < -0.4 is 9.47 Å². The zero-order valence-corrected chi connectivity index (χ0v) is 20.6. The van der Waals surface area contributed by atoms with Crippen molar-refractivity contribution in [3.05, 3.63) is 82.7 Å². The summed E-state index contributed by atoms with van der Waals surface area (Å²) in [5.41, 5.74) is 8.00. The Hall–Kier alpha value is -3.80. The number of rotatable bonds is 7. The molecule has 1 aliphatic rings. The summed E-state index contributed by atoms with van der Waals surface area (Å²) >= 11 is 0. The number of carbonyl (C=O) groups is 1. The van der Waals surface area contributed by atoms with E-state index in [-0.39, 0.29) is 11.9 Å². The molecule has 6 nitrogen and oxygen atoms in total. The second kappa shape index (κ2) is 9.45. The van der Waals surface area contributed by atoms with E-state index in [1.54, 1.807) is 7.11 Å². The van der Waals surface area contributed by atoms with Crippen LogP contribution in [0.15, 0.2) is 54.6 Å². The molecule has 1 aliphatic heterocycles. The molecule has 6 heteroatoms. The second-order valence-electron chi connectivity index (χ2n) is 9.07. The summed E-state index contributed by atoms with van der Waals surface area (Å²) in [7, 11) is 3.11. The predicted octanol–water partition coefficient (Wildman–Crippen LogP) is 5.48. The molecule has 0 aliphatic carbocycles. The number of carbonyl (C=O) groups excluding carboxylic acids is 1. The van der Waals surface area contributed by atoms with Crippen molar-refractivity contribution in [3.8, 4) is 17.2 Å². The molecule has 1 aromatic heterocycles. The first-order valence-corrected chi connectivity index (χ1v) is 11.9. The number of hydrogen-bond donors (Lipinski definition) is 0. The van der Waals surface area contributed by atoms with Crippen LogP contribution in [0.1, 0.15) is 40.4 Å². The van der Waals surface area contributed by atoms with E-state index in [9.17, 15) is 4.79 Å². The van der Waals surface area contributed by atoms with E-state index < -0.39 is 0 Å². The van der Waals surface area contributed by atoms with Crippen molar-refractivity contribution in [2.75, 3.05) is 20.8 Å². The van der Waals surface area contributed by atoms with Crippen molar-refractivity contribution in [2.45, 2.75) is 39.0 Å². The Bertz CT molecular complexity index is 1410. The third-order valence-corrected chi connectivity index (χ3v) is 6.97. The fraction of sp³-hybridized carbons (Fsp3) is 0.310. The fourth-order valence-electron chi connectivity index (χ4n) is 5.00. The van der Waals surface area contributed by atoms with Crippen molar-refractivity contribution in [1.82, 2.24) is 9.55 Å². The lowest BCUT2D eigenvalue weighted by Crippen LogP contribution is -2.09. The zero-order chi connectivity index (χ0) is 24.5. The summed E-state index contributed by atoms with van der Waals surface area (Å²) in [6.45, 7) is 4.74. The minimum atomic E-state index is -0.203. The standard InChI is InChI=1S/C29H30N2O4/c1-18-21(10-8-20-9-12-24-22(15-29(32)34-4)17-35-28(24)14-20)6-5-7-26(18)31-19(2)30-25-13-11-23(33-3)16-27(25)31/h5-7,9,11-14,16,22H,8,10,15,17H2,1-4H3/t22-/m1/s1. The largest absolute Gasteiger partial charge is 0.497 e. The number of methoxy groups -OCH3 is 2. The van der Waals surface area contributed by atoms with Gasteiger partial charge in [0.05, 0.1) is 44.0 Å². The van der Waals surface area contributed by atoms with Crippen LogP contribution in [0.5, 0.6) is 11.5 Å². The average molecular weight is 471 g/mol. The molecule has 0 amide bonds. The molecule has 4 aromatic rings. The highest BCUT2D eigenvalue weighted by atomic mass is 16.5. The van der Waals surface area contributed by atoms with Crippen LogP contribution in [-0.4, -0.2) is 36.3 Å². The van der Waals surface area contributed by atoms with Gasteiger partial charge in [0.15, 0.2) is 0 Å². The first-order chi connectivity index (χ1) is 17.0. The van der Waals surface area contributed by atoms with Crippen molar-refractivity contribution in [3.63, 3.8) is 0 Å². The minimum Gasteiger partial charge on any atom is -0.497 e. The average Bonchev–Trinajstić information content (AvgIpc) is 3.42. The molecule has 2 heterocycles. The maximum Gasteiger partial charge on any atom is 0.306 e. The first-order valence-electron chi connectivity index (χ1n) is 11.9. The monoisotopic (exact) mass is 470 g/mol. The molecule has 0 radical (unpaired) electrons. The number of nitrogens with zero attached hydrogens (tertiary/aromatic N) is 2. The Morgan fingerprint density at radius 3 is 2.74 bits per heavy atom. The van der Waals surface area contributed by atoms with Gasteiger partial charge in [0.2, 0.25) is 0 Å². The number of benzene rings is 3. The minimum absolute atomic E-state index is 0.0669. The molecule has 0 saturated heterocycles. The van der Waals surface area contributed by atoms with Crippen molar-refractivity contribution < 1.29 is 19.0 Å². The van der Waals surface area contributed by atoms with E-state index in [0.717, 1.165) is 52.4 Å². The maximum atomic E-state index is 11.7. The van der Waals surface area contributed by atoms with Gasteiger partial charge < -0.3 is 14.2 Å². The molecule has 1 atom stereocenters. The van der Waals surface area contributed by atoms with Gasteiger partial charge in [-0.05, 0) is 67.6 Å². The first kappa shape index (κ1) is 23.0. The Kier molecular flexibility index (Phi) is 6.20.